The molecule has 5 aromatic carbocycles. The molecule has 48 heavy (non-hydrogen) atoms. The summed E-state index contributed by atoms with van der Waals surface area (Å²) in [5, 5.41) is 21.9. The molecule has 5 rings (SSSR count). The highest BCUT2D eigenvalue weighted by Crippen LogP contribution is 2.32. The van der Waals surface area contributed by atoms with Crippen molar-refractivity contribution in [1.29, 1.82) is 0 Å². The Morgan fingerprint density at radius 3 is 2.08 bits per heavy atom. The number of amides is 1. The second-order valence-electron chi connectivity index (χ2n) is 12.1. The van der Waals surface area contributed by atoms with Gasteiger partial charge in [-0.05, 0) is 70.1 Å². The summed E-state index contributed by atoms with van der Waals surface area (Å²) in [4.78, 5) is 39.3. The summed E-state index contributed by atoms with van der Waals surface area (Å²) >= 11 is 6.28. The van der Waals surface area contributed by atoms with Crippen LogP contribution in [-0.2, 0) is 27.3 Å². The van der Waals surface area contributed by atoms with E-state index < -0.39 is 42.6 Å². The number of halogens is 1. The number of benzene rings is 5. The van der Waals surface area contributed by atoms with Gasteiger partial charge in [0.25, 0.3) is 0 Å². The van der Waals surface area contributed by atoms with E-state index in [1.54, 1.807) is 4.90 Å². The summed E-state index contributed by atoms with van der Waals surface area (Å²) in [6.45, 7) is 2.21. The second-order valence-corrected chi connectivity index (χ2v) is 12.6. The van der Waals surface area contributed by atoms with Crippen LogP contribution >= 0.6 is 11.6 Å². The van der Waals surface area contributed by atoms with Crippen molar-refractivity contribution in [3.05, 3.63) is 154 Å². The number of aliphatic carboxylic acids is 2. The first-order valence-corrected chi connectivity index (χ1v) is 16.3. The minimum atomic E-state index is -1.34. The van der Waals surface area contributed by atoms with Gasteiger partial charge in [0, 0.05) is 29.9 Å². The number of rotatable bonds is 14. The number of carbonyl (C=O) groups is 3. The van der Waals surface area contributed by atoms with Gasteiger partial charge in [-0.2, -0.15) is 0 Å². The van der Waals surface area contributed by atoms with Crippen molar-refractivity contribution in [2.75, 3.05) is 0 Å². The average Bonchev–Trinajstić information content (AvgIpc) is 3.09. The van der Waals surface area contributed by atoms with Crippen LogP contribution in [0.15, 0.2) is 121 Å². The Bertz CT molecular complexity index is 1900. The van der Waals surface area contributed by atoms with Crippen molar-refractivity contribution in [3.8, 4) is 0 Å². The molecule has 0 aliphatic heterocycles. The first kappa shape index (κ1) is 34.1. The van der Waals surface area contributed by atoms with Crippen LogP contribution in [0.2, 0.25) is 5.02 Å². The van der Waals surface area contributed by atoms with Gasteiger partial charge in [0.1, 0.15) is 0 Å². The number of hydrogen-bond donors (Lipinski definition) is 2. The van der Waals surface area contributed by atoms with Crippen molar-refractivity contribution in [3.63, 3.8) is 0 Å². The van der Waals surface area contributed by atoms with Gasteiger partial charge in [-0.3, -0.25) is 14.4 Å². The lowest BCUT2D eigenvalue weighted by Gasteiger charge is -2.36. The summed E-state index contributed by atoms with van der Waals surface area (Å²) in [5.74, 6) is -4.52. The molecule has 5 aromatic rings. The van der Waals surface area contributed by atoms with Gasteiger partial charge < -0.3 is 15.1 Å². The lowest BCUT2D eigenvalue weighted by atomic mass is 9.84. The molecule has 3 atom stereocenters. The zero-order chi connectivity index (χ0) is 34.0. The fourth-order valence-corrected chi connectivity index (χ4v) is 6.23. The third-order valence-electron chi connectivity index (χ3n) is 8.72. The van der Waals surface area contributed by atoms with Crippen molar-refractivity contribution < 1.29 is 24.6 Å². The van der Waals surface area contributed by atoms with E-state index in [1.807, 2.05) is 116 Å². The molecule has 3 unspecified atom stereocenters. The van der Waals surface area contributed by atoms with Gasteiger partial charge in [0.05, 0.1) is 12.3 Å². The van der Waals surface area contributed by atoms with Gasteiger partial charge in [0.15, 0.2) is 0 Å². The fraction of sp³-hybridized carbons (Fsp3) is 0.195. The number of carboxylic acids is 2. The molecule has 0 aliphatic rings. The number of fused-ring (bicyclic) bond motifs is 1. The molecule has 0 saturated carbocycles. The highest BCUT2D eigenvalue weighted by Gasteiger charge is 2.33. The standard InChI is InChI=1S/C41H38ClNO5/c1-28(43(39(44)25-36(41(47)48)26-40(45)46)27-32-16-17-33-12-5-6-13-35(33)23-32)38(34-18-20-37(42)21-19-34)24-31-11-7-10-30(22-31)15-14-29-8-3-2-4-9-29/h2-23,28,36,38H,24-27H2,1H3,(H,45,46)(H,47,48). The number of hydrogen-bond acceptors (Lipinski definition) is 3. The predicted octanol–water partition coefficient (Wildman–Crippen LogP) is 8.97. The highest BCUT2D eigenvalue weighted by atomic mass is 35.5. The van der Waals surface area contributed by atoms with E-state index in [2.05, 4.69) is 24.3 Å². The SMILES string of the molecule is CC(C(Cc1cccc(C=Cc2ccccc2)c1)c1ccc(Cl)cc1)N(Cc1ccc2ccccc2c1)C(=O)CC(CC(=O)O)C(=O)O. The summed E-state index contributed by atoms with van der Waals surface area (Å²) in [6, 6.07) is 39.5. The maximum absolute atomic E-state index is 14.1. The van der Waals surface area contributed by atoms with Crippen molar-refractivity contribution >= 4 is 52.4 Å². The second kappa shape index (κ2) is 16.1. The van der Waals surface area contributed by atoms with E-state index in [9.17, 15) is 24.6 Å². The first-order valence-electron chi connectivity index (χ1n) is 16.0. The Balaban J connectivity index is 1.50. The third-order valence-corrected chi connectivity index (χ3v) is 8.98. The minimum absolute atomic E-state index is 0.192. The van der Waals surface area contributed by atoms with Crippen molar-refractivity contribution in [1.82, 2.24) is 4.90 Å². The van der Waals surface area contributed by atoms with E-state index in [4.69, 9.17) is 11.6 Å². The normalized spacial score (nSPS) is 13.2. The van der Waals surface area contributed by atoms with E-state index in [0.717, 1.165) is 38.6 Å². The summed E-state index contributed by atoms with van der Waals surface area (Å²) in [5.41, 5.74) is 5.09. The zero-order valence-corrected chi connectivity index (χ0v) is 27.5. The van der Waals surface area contributed by atoms with Crippen LogP contribution in [0, 0.1) is 5.92 Å². The molecule has 0 spiro atoms. The molecule has 0 radical (unpaired) electrons. The maximum Gasteiger partial charge on any atom is 0.307 e. The Morgan fingerprint density at radius 2 is 1.38 bits per heavy atom. The molecular weight excluding hydrogens is 622 g/mol. The van der Waals surface area contributed by atoms with Gasteiger partial charge in [0.2, 0.25) is 5.91 Å². The molecule has 0 aromatic heterocycles. The first-order chi connectivity index (χ1) is 23.2. The third kappa shape index (κ3) is 9.20. The topological polar surface area (TPSA) is 94.9 Å². The van der Waals surface area contributed by atoms with E-state index >= 15 is 0 Å². The van der Waals surface area contributed by atoms with Crippen LogP contribution in [0.1, 0.15) is 53.5 Å². The molecule has 0 aliphatic carbocycles. The summed E-state index contributed by atoms with van der Waals surface area (Å²) in [7, 11) is 0. The Labute approximate surface area is 285 Å². The Hall–Kier alpha value is -5.20. The van der Waals surface area contributed by atoms with Crippen LogP contribution in [0.25, 0.3) is 22.9 Å². The molecule has 2 N–H and O–H groups in total. The van der Waals surface area contributed by atoms with E-state index in [0.29, 0.717) is 11.4 Å². The molecule has 0 saturated heterocycles. The van der Waals surface area contributed by atoms with Crippen molar-refractivity contribution in [2.45, 2.75) is 44.7 Å². The van der Waals surface area contributed by atoms with Crippen LogP contribution in [0.4, 0.5) is 0 Å². The highest BCUT2D eigenvalue weighted by molar-refractivity contribution is 6.30. The average molecular weight is 660 g/mol. The molecule has 0 fully saturated rings. The van der Waals surface area contributed by atoms with E-state index in [-0.39, 0.29) is 12.5 Å². The molecule has 244 valence electrons. The van der Waals surface area contributed by atoms with Crippen LogP contribution < -0.4 is 0 Å². The minimum Gasteiger partial charge on any atom is -0.481 e. The van der Waals surface area contributed by atoms with Crippen molar-refractivity contribution in [2.24, 2.45) is 5.92 Å². The summed E-state index contributed by atoms with van der Waals surface area (Å²) < 4.78 is 0. The van der Waals surface area contributed by atoms with E-state index in [1.165, 1.54) is 0 Å². The number of carbonyl (C=O) groups excluding carboxylic acids is 1. The Kier molecular flexibility index (Phi) is 11.4. The van der Waals surface area contributed by atoms with Crippen LogP contribution in [0.5, 0.6) is 0 Å². The fourth-order valence-electron chi connectivity index (χ4n) is 6.11. The molecule has 6 nitrogen and oxygen atoms in total. The quantitative estimate of drug-likeness (QED) is 0.116. The van der Waals surface area contributed by atoms with Gasteiger partial charge >= 0.3 is 11.9 Å². The maximum atomic E-state index is 14.1. The smallest absolute Gasteiger partial charge is 0.307 e. The molecular formula is C41H38ClNO5. The lowest BCUT2D eigenvalue weighted by molar-refractivity contribution is -0.151. The predicted molar refractivity (Wildman–Crippen MR) is 192 cm³/mol. The van der Waals surface area contributed by atoms with Gasteiger partial charge in [-0.1, -0.05) is 127 Å². The summed E-state index contributed by atoms with van der Waals surface area (Å²) in [6.07, 6.45) is 3.67. The molecule has 0 bridgehead atoms. The molecule has 0 heterocycles. The Morgan fingerprint density at radius 1 is 0.708 bits per heavy atom. The number of nitrogens with zero attached hydrogens (tertiary/aromatic N) is 1. The van der Waals surface area contributed by atoms with Gasteiger partial charge in [-0.25, -0.2) is 0 Å². The largest absolute Gasteiger partial charge is 0.481 e. The molecule has 1 amide bonds. The van der Waals surface area contributed by atoms with Crippen LogP contribution in [0.3, 0.4) is 0 Å². The zero-order valence-electron chi connectivity index (χ0n) is 26.7. The van der Waals surface area contributed by atoms with Crippen LogP contribution in [-0.4, -0.2) is 39.0 Å². The molecule has 7 heteroatoms. The number of carboxylic acid groups (broad SMARTS) is 2. The lowest BCUT2D eigenvalue weighted by Crippen LogP contribution is -2.43. The monoisotopic (exact) mass is 659 g/mol. The van der Waals surface area contributed by atoms with Gasteiger partial charge in [-0.15, -0.1) is 0 Å².